The molecule has 0 spiro atoms. The highest BCUT2D eigenvalue weighted by Crippen LogP contribution is 2.40. The van der Waals surface area contributed by atoms with Gasteiger partial charge in [0.05, 0.1) is 6.10 Å². The molecule has 3 unspecified atom stereocenters. The number of aliphatic hydroxyl groups is 1. The summed E-state index contributed by atoms with van der Waals surface area (Å²) in [6.45, 7) is 2.25. The van der Waals surface area contributed by atoms with Gasteiger partial charge in [-0.2, -0.15) is 0 Å². The van der Waals surface area contributed by atoms with Gasteiger partial charge in [-0.1, -0.05) is 44.7 Å². The Balaban J connectivity index is 2.11. The molecule has 1 aromatic carbocycles. The molecule has 0 amide bonds. The maximum absolute atomic E-state index is 10.7. The van der Waals surface area contributed by atoms with Crippen LogP contribution in [0.4, 0.5) is 5.69 Å². The van der Waals surface area contributed by atoms with Crippen molar-refractivity contribution in [1.82, 2.24) is 0 Å². The lowest BCUT2D eigenvalue weighted by Crippen LogP contribution is -2.25. The van der Waals surface area contributed by atoms with Gasteiger partial charge < -0.3 is 10.0 Å². The van der Waals surface area contributed by atoms with E-state index in [0.29, 0.717) is 11.8 Å². The summed E-state index contributed by atoms with van der Waals surface area (Å²) in [7, 11) is 4.08. The molecule has 2 heteroatoms. The second kappa shape index (κ2) is 6.42. The average molecular weight is 261 g/mol. The molecule has 2 nitrogen and oxygen atoms in total. The molecule has 1 fully saturated rings. The summed E-state index contributed by atoms with van der Waals surface area (Å²) in [6, 6.07) is 8.37. The molecule has 1 N–H and O–H groups in total. The fraction of sp³-hybridized carbons (Fsp3) is 0.647. The number of aliphatic hydroxyl groups excluding tert-OH is 1. The minimum absolute atomic E-state index is 0.290. The van der Waals surface area contributed by atoms with Crippen molar-refractivity contribution in [2.75, 3.05) is 19.0 Å². The first-order valence-electron chi connectivity index (χ1n) is 7.58. The van der Waals surface area contributed by atoms with Crippen molar-refractivity contribution in [2.24, 2.45) is 11.8 Å². The maximum atomic E-state index is 10.7. The van der Waals surface area contributed by atoms with Crippen LogP contribution in [0.1, 0.15) is 50.7 Å². The van der Waals surface area contributed by atoms with Crippen LogP contribution in [0.15, 0.2) is 24.3 Å². The van der Waals surface area contributed by atoms with E-state index in [1.165, 1.54) is 37.8 Å². The highest BCUT2D eigenvalue weighted by molar-refractivity contribution is 5.46. The summed E-state index contributed by atoms with van der Waals surface area (Å²) in [6.07, 6.45) is 5.97. The average Bonchev–Trinajstić information content (AvgIpc) is 2.46. The van der Waals surface area contributed by atoms with Gasteiger partial charge in [0.25, 0.3) is 0 Å². The fourth-order valence-corrected chi connectivity index (χ4v) is 3.38. The van der Waals surface area contributed by atoms with E-state index in [-0.39, 0.29) is 6.10 Å². The second-order valence-corrected chi connectivity index (χ2v) is 6.05. The molecule has 0 saturated heterocycles. The number of rotatable bonds is 4. The second-order valence-electron chi connectivity index (χ2n) is 6.05. The number of hydrogen-bond acceptors (Lipinski definition) is 2. The van der Waals surface area contributed by atoms with E-state index in [9.17, 15) is 5.11 Å². The van der Waals surface area contributed by atoms with Gasteiger partial charge in [0.15, 0.2) is 0 Å². The third kappa shape index (κ3) is 3.30. The first kappa shape index (κ1) is 14.4. The number of hydrogen-bond donors (Lipinski definition) is 1. The van der Waals surface area contributed by atoms with Crippen molar-refractivity contribution in [1.29, 1.82) is 0 Å². The van der Waals surface area contributed by atoms with Crippen molar-refractivity contribution >= 4 is 5.69 Å². The third-order valence-electron chi connectivity index (χ3n) is 4.65. The minimum atomic E-state index is -0.290. The zero-order valence-corrected chi connectivity index (χ0v) is 12.5. The molecule has 1 aliphatic rings. The molecular formula is C17H27NO. The Morgan fingerprint density at radius 2 is 1.79 bits per heavy atom. The van der Waals surface area contributed by atoms with Crippen LogP contribution in [0.2, 0.25) is 0 Å². The Morgan fingerprint density at radius 1 is 1.16 bits per heavy atom. The van der Waals surface area contributed by atoms with Gasteiger partial charge in [-0.05, 0) is 36.0 Å². The summed E-state index contributed by atoms with van der Waals surface area (Å²) in [5.74, 6) is 1.14. The van der Waals surface area contributed by atoms with Crippen LogP contribution in [0.25, 0.3) is 0 Å². The van der Waals surface area contributed by atoms with Crippen LogP contribution in [0, 0.1) is 11.8 Å². The van der Waals surface area contributed by atoms with Gasteiger partial charge in [-0.3, -0.25) is 0 Å². The number of anilines is 1. The van der Waals surface area contributed by atoms with E-state index < -0.39 is 0 Å². The van der Waals surface area contributed by atoms with Crippen molar-refractivity contribution in [2.45, 2.75) is 45.1 Å². The van der Waals surface area contributed by atoms with E-state index in [2.05, 4.69) is 36.1 Å². The van der Waals surface area contributed by atoms with E-state index in [1.54, 1.807) is 0 Å². The van der Waals surface area contributed by atoms with E-state index in [4.69, 9.17) is 0 Å². The normalized spacial score (nSPS) is 25.1. The third-order valence-corrected chi connectivity index (χ3v) is 4.65. The lowest BCUT2D eigenvalue weighted by molar-refractivity contribution is 0.0452. The first-order chi connectivity index (χ1) is 9.13. The topological polar surface area (TPSA) is 23.5 Å². The monoisotopic (exact) mass is 261 g/mol. The number of nitrogens with zero attached hydrogens (tertiary/aromatic N) is 1. The van der Waals surface area contributed by atoms with Crippen molar-refractivity contribution in [3.05, 3.63) is 29.8 Å². The van der Waals surface area contributed by atoms with Crippen LogP contribution in [0.3, 0.4) is 0 Å². The van der Waals surface area contributed by atoms with Crippen LogP contribution in [-0.4, -0.2) is 19.2 Å². The molecule has 0 aliphatic heterocycles. The lowest BCUT2D eigenvalue weighted by atomic mass is 9.73. The summed E-state index contributed by atoms with van der Waals surface area (Å²) >= 11 is 0. The summed E-state index contributed by atoms with van der Waals surface area (Å²) in [4.78, 5) is 2.09. The van der Waals surface area contributed by atoms with Gasteiger partial charge in [0, 0.05) is 19.8 Å². The SMILES string of the molecule is CCC1CCCCC1C(O)c1ccc(N(C)C)cc1. The highest BCUT2D eigenvalue weighted by atomic mass is 16.3. The van der Waals surface area contributed by atoms with Gasteiger partial charge in [0.2, 0.25) is 0 Å². The molecule has 1 aliphatic carbocycles. The first-order valence-corrected chi connectivity index (χ1v) is 7.58. The Morgan fingerprint density at radius 3 is 2.37 bits per heavy atom. The van der Waals surface area contributed by atoms with Crippen LogP contribution in [-0.2, 0) is 0 Å². The molecule has 19 heavy (non-hydrogen) atoms. The summed E-state index contributed by atoms with van der Waals surface area (Å²) in [5.41, 5.74) is 2.27. The van der Waals surface area contributed by atoms with Gasteiger partial charge in [-0.15, -0.1) is 0 Å². The van der Waals surface area contributed by atoms with Crippen LogP contribution in [0.5, 0.6) is 0 Å². The molecule has 0 radical (unpaired) electrons. The minimum Gasteiger partial charge on any atom is -0.388 e. The molecule has 0 bridgehead atoms. The molecule has 0 aromatic heterocycles. The van der Waals surface area contributed by atoms with E-state index in [1.807, 2.05) is 14.1 Å². The van der Waals surface area contributed by atoms with E-state index >= 15 is 0 Å². The standard InChI is InChI=1S/C17H27NO/c1-4-13-7-5-6-8-16(13)17(19)14-9-11-15(12-10-14)18(2)3/h9-13,16-17,19H,4-8H2,1-3H3. The Bertz CT molecular complexity index is 385. The van der Waals surface area contributed by atoms with E-state index in [0.717, 1.165) is 5.56 Å². The predicted molar refractivity (Wildman–Crippen MR) is 81.5 cm³/mol. The Kier molecular flexibility index (Phi) is 4.87. The maximum Gasteiger partial charge on any atom is 0.0820 e. The van der Waals surface area contributed by atoms with Gasteiger partial charge in [0.1, 0.15) is 0 Å². The fourth-order valence-electron chi connectivity index (χ4n) is 3.38. The largest absolute Gasteiger partial charge is 0.388 e. The Labute approximate surface area is 117 Å². The highest BCUT2D eigenvalue weighted by Gasteiger charge is 2.30. The summed E-state index contributed by atoms with van der Waals surface area (Å²) < 4.78 is 0. The van der Waals surface area contributed by atoms with Crippen molar-refractivity contribution < 1.29 is 5.11 Å². The smallest absolute Gasteiger partial charge is 0.0820 e. The zero-order valence-electron chi connectivity index (χ0n) is 12.5. The van der Waals surface area contributed by atoms with Gasteiger partial charge in [-0.25, -0.2) is 0 Å². The molecule has 1 saturated carbocycles. The lowest BCUT2D eigenvalue weighted by Gasteiger charge is -2.34. The van der Waals surface area contributed by atoms with Crippen molar-refractivity contribution in [3.8, 4) is 0 Å². The Hall–Kier alpha value is -1.02. The molecular weight excluding hydrogens is 234 g/mol. The molecule has 1 aromatic rings. The van der Waals surface area contributed by atoms with Crippen LogP contribution >= 0.6 is 0 Å². The van der Waals surface area contributed by atoms with Crippen LogP contribution < -0.4 is 4.90 Å². The quantitative estimate of drug-likeness (QED) is 0.885. The summed E-state index contributed by atoms with van der Waals surface area (Å²) in [5, 5.41) is 10.7. The molecule has 0 heterocycles. The van der Waals surface area contributed by atoms with Gasteiger partial charge >= 0.3 is 0 Å². The molecule has 2 rings (SSSR count). The predicted octanol–water partition coefficient (Wildman–Crippen LogP) is 4.00. The number of benzene rings is 1. The molecule has 106 valence electrons. The molecule has 3 atom stereocenters. The van der Waals surface area contributed by atoms with Crippen molar-refractivity contribution in [3.63, 3.8) is 0 Å². The zero-order chi connectivity index (χ0) is 13.8.